The zero-order valence-electron chi connectivity index (χ0n) is 7.74. The lowest BCUT2D eigenvalue weighted by molar-refractivity contribution is 0.0853. The van der Waals surface area contributed by atoms with Crippen molar-refractivity contribution in [2.75, 3.05) is 0 Å². The summed E-state index contributed by atoms with van der Waals surface area (Å²) in [6.07, 6.45) is 6.14. The summed E-state index contributed by atoms with van der Waals surface area (Å²) in [6.45, 7) is 0. The molecule has 0 aromatic heterocycles. The molecule has 1 aromatic carbocycles. The van der Waals surface area contributed by atoms with Crippen LogP contribution in [0.25, 0.3) is 0 Å². The summed E-state index contributed by atoms with van der Waals surface area (Å²) in [5.74, 6) is 0. The van der Waals surface area contributed by atoms with Crippen LogP contribution in [0.15, 0.2) is 30.3 Å². The molecule has 1 saturated carbocycles. The molecule has 0 amide bonds. The minimum atomic E-state index is -0.526. The van der Waals surface area contributed by atoms with Gasteiger partial charge < -0.3 is 5.11 Å². The van der Waals surface area contributed by atoms with Crippen LogP contribution in [0.4, 0.5) is 0 Å². The minimum absolute atomic E-state index is 0.526. The molecular formula is C12H15O. The lowest BCUT2D eigenvalue weighted by Gasteiger charge is -2.21. The monoisotopic (exact) mass is 175 g/mol. The van der Waals surface area contributed by atoms with Gasteiger partial charge in [0.15, 0.2) is 0 Å². The van der Waals surface area contributed by atoms with Crippen molar-refractivity contribution in [2.24, 2.45) is 0 Å². The SMILES string of the molecule is OC1([CH]c2ccccc2)CCCC1. The van der Waals surface area contributed by atoms with E-state index in [1.807, 2.05) is 36.8 Å². The average molecular weight is 175 g/mol. The van der Waals surface area contributed by atoms with E-state index in [0.717, 1.165) is 31.2 Å². The van der Waals surface area contributed by atoms with Gasteiger partial charge >= 0.3 is 0 Å². The Morgan fingerprint density at radius 3 is 2.31 bits per heavy atom. The van der Waals surface area contributed by atoms with E-state index in [9.17, 15) is 5.11 Å². The molecule has 1 N–H and O–H groups in total. The third-order valence-electron chi connectivity index (χ3n) is 2.70. The van der Waals surface area contributed by atoms with Crippen LogP contribution in [-0.2, 0) is 0 Å². The van der Waals surface area contributed by atoms with Crippen molar-refractivity contribution >= 4 is 0 Å². The maximum Gasteiger partial charge on any atom is 0.0723 e. The fraction of sp³-hybridized carbons (Fsp3) is 0.417. The zero-order valence-corrected chi connectivity index (χ0v) is 7.74. The van der Waals surface area contributed by atoms with E-state index in [1.54, 1.807) is 0 Å². The molecule has 1 aliphatic rings. The maximum absolute atomic E-state index is 10.1. The molecule has 0 unspecified atom stereocenters. The van der Waals surface area contributed by atoms with Gasteiger partial charge in [-0.05, 0) is 18.4 Å². The van der Waals surface area contributed by atoms with E-state index in [4.69, 9.17) is 0 Å². The third kappa shape index (κ3) is 2.10. The molecule has 69 valence electrons. The first-order chi connectivity index (χ1) is 6.29. The Morgan fingerprint density at radius 2 is 1.69 bits per heavy atom. The lowest BCUT2D eigenvalue weighted by Crippen LogP contribution is -2.24. The van der Waals surface area contributed by atoms with Crippen LogP contribution >= 0.6 is 0 Å². The second-order valence-corrected chi connectivity index (χ2v) is 3.87. The van der Waals surface area contributed by atoms with Crippen LogP contribution in [0.2, 0.25) is 0 Å². The van der Waals surface area contributed by atoms with Gasteiger partial charge in [-0.15, -0.1) is 0 Å². The first-order valence-electron chi connectivity index (χ1n) is 4.92. The highest BCUT2D eigenvalue weighted by Crippen LogP contribution is 2.33. The number of rotatable bonds is 2. The number of aliphatic hydroxyl groups is 1. The van der Waals surface area contributed by atoms with Gasteiger partial charge in [0.2, 0.25) is 0 Å². The second kappa shape index (κ2) is 3.51. The Morgan fingerprint density at radius 1 is 1.08 bits per heavy atom. The molecule has 1 nitrogen and oxygen atoms in total. The molecule has 1 radical (unpaired) electrons. The molecule has 13 heavy (non-hydrogen) atoms. The van der Waals surface area contributed by atoms with E-state index in [1.165, 1.54) is 0 Å². The van der Waals surface area contributed by atoms with Gasteiger partial charge in [-0.2, -0.15) is 0 Å². The highest BCUT2D eigenvalue weighted by Gasteiger charge is 2.31. The van der Waals surface area contributed by atoms with Gasteiger partial charge in [0.25, 0.3) is 0 Å². The van der Waals surface area contributed by atoms with Crippen molar-refractivity contribution in [2.45, 2.75) is 31.3 Å². The van der Waals surface area contributed by atoms with Crippen LogP contribution in [0.1, 0.15) is 31.2 Å². The summed E-state index contributed by atoms with van der Waals surface area (Å²) in [7, 11) is 0. The molecule has 0 bridgehead atoms. The van der Waals surface area contributed by atoms with Gasteiger partial charge in [-0.3, -0.25) is 0 Å². The van der Waals surface area contributed by atoms with Crippen molar-refractivity contribution < 1.29 is 5.11 Å². The largest absolute Gasteiger partial charge is 0.389 e. The molecule has 1 aliphatic carbocycles. The minimum Gasteiger partial charge on any atom is -0.389 e. The summed E-state index contributed by atoms with van der Waals surface area (Å²) >= 11 is 0. The van der Waals surface area contributed by atoms with Crippen LogP contribution in [0.3, 0.4) is 0 Å². The number of benzene rings is 1. The van der Waals surface area contributed by atoms with Crippen LogP contribution in [0.5, 0.6) is 0 Å². The number of hydrogen-bond donors (Lipinski definition) is 1. The van der Waals surface area contributed by atoms with Gasteiger partial charge in [-0.1, -0.05) is 43.2 Å². The molecule has 1 aromatic rings. The quantitative estimate of drug-likeness (QED) is 0.732. The van der Waals surface area contributed by atoms with Crippen LogP contribution in [-0.4, -0.2) is 10.7 Å². The van der Waals surface area contributed by atoms with Crippen molar-refractivity contribution in [3.8, 4) is 0 Å². The van der Waals surface area contributed by atoms with E-state index in [0.29, 0.717) is 0 Å². The van der Waals surface area contributed by atoms with E-state index < -0.39 is 5.60 Å². The first-order valence-corrected chi connectivity index (χ1v) is 4.92. The Hall–Kier alpha value is -0.820. The summed E-state index contributed by atoms with van der Waals surface area (Å²) in [5.41, 5.74) is 0.605. The van der Waals surface area contributed by atoms with Crippen LogP contribution in [0, 0.1) is 6.42 Å². The third-order valence-corrected chi connectivity index (χ3v) is 2.70. The molecule has 0 aliphatic heterocycles. The summed E-state index contributed by atoms with van der Waals surface area (Å²) in [6, 6.07) is 10.1. The fourth-order valence-electron chi connectivity index (χ4n) is 1.99. The first kappa shape index (κ1) is 8.76. The predicted molar refractivity (Wildman–Crippen MR) is 53.3 cm³/mol. The van der Waals surface area contributed by atoms with Crippen molar-refractivity contribution in [3.05, 3.63) is 42.3 Å². The predicted octanol–water partition coefficient (Wildman–Crippen LogP) is 2.54. The molecule has 1 heteroatoms. The lowest BCUT2D eigenvalue weighted by atomic mass is 9.93. The molecule has 2 rings (SSSR count). The Kier molecular flexibility index (Phi) is 2.36. The van der Waals surface area contributed by atoms with Gasteiger partial charge in [0.1, 0.15) is 0 Å². The molecule has 0 spiro atoms. The van der Waals surface area contributed by atoms with Gasteiger partial charge in [0.05, 0.1) is 5.60 Å². The van der Waals surface area contributed by atoms with Crippen molar-refractivity contribution in [1.82, 2.24) is 0 Å². The summed E-state index contributed by atoms with van der Waals surface area (Å²) in [5, 5.41) is 10.1. The van der Waals surface area contributed by atoms with Gasteiger partial charge in [0, 0.05) is 6.42 Å². The molecular weight excluding hydrogens is 160 g/mol. The van der Waals surface area contributed by atoms with Gasteiger partial charge in [-0.25, -0.2) is 0 Å². The standard InChI is InChI=1S/C12H15O/c13-12(8-4-5-9-12)10-11-6-2-1-3-7-11/h1-3,6-7,10,13H,4-5,8-9H2. The number of hydrogen-bond acceptors (Lipinski definition) is 1. The second-order valence-electron chi connectivity index (χ2n) is 3.87. The van der Waals surface area contributed by atoms with Crippen molar-refractivity contribution in [1.29, 1.82) is 0 Å². The normalized spacial score (nSPS) is 20.4. The fourth-order valence-corrected chi connectivity index (χ4v) is 1.99. The Labute approximate surface area is 79.4 Å². The topological polar surface area (TPSA) is 20.2 Å². The molecule has 0 heterocycles. The van der Waals surface area contributed by atoms with E-state index in [-0.39, 0.29) is 0 Å². The van der Waals surface area contributed by atoms with Crippen LogP contribution < -0.4 is 0 Å². The Bertz CT molecular complexity index is 260. The smallest absolute Gasteiger partial charge is 0.0723 e. The highest BCUT2D eigenvalue weighted by molar-refractivity contribution is 5.27. The molecule has 0 atom stereocenters. The molecule has 1 fully saturated rings. The molecule has 0 saturated heterocycles. The Balaban J connectivity index is 2.05. The zero-order chi connectivity index (χ0) is 9.15. The van der Waals surface area contributed by atoms with E-state index >= 15 is 0 Å². The summed E-state index contributed by atoms with van der Waals surface area (Å²) < 4.78 is 0. The summed E-state index contributed by atoms with van der Waals surface area (Å²) in [4.78, 5) is 0. The average Bonchev–Trinajstić information content (AvgIpc) is 2.54. The maximum atomic E-state index is 10.1. The highest BCUT2D eigenvalue weighted by atomic mass is 16.3. The van der Waals surface area contributed by atoms with E-state index in [2.05, 4.69) is 0 Å². The van der Waals surface area contributed by atoms with Crippen molar-refractivity contribution in [3.63, 3.8) is 0 Å².